The van der Waals surface area contributed by atoms with Gasteiger partial charge >= 0.3 is 0 Å². The molecule has 1 saturated heterocycles. The number of hydrogen-bond donors (Lipinski definition) is 2. The van der Waals surface area contributed by atoms with E-state index in [9.17, 15) is 4.79 Å². The van der Waals surface area contributed by atoms with Gasteiger partial charge in [0.1, 0.15) is 6.04 Å². The van der Waals surface area contributed by atoms with Gasteiger partial charge in [0, 0.05) is 12.1 Å². The molecule has 1 aliphatic carbocycles. The Bertz CT molecular complexity index is 860. The number of nitrogens with zero attached hydrogens (tertiary/aromatic N) is 3. The monoisotopic (exact) mass is 433 g/mol. The summed E-state index contributed by atoms with van der Waals surface area (Å²) in [5.74, 6) is 0.748. The number of amides is 1. The van der Waals surface area contributed by atoms with Crippen molar-refractivity contribution in [3.8, 4) is 10.7 Å². The lowest BCUT2D eigenvalue weighted by Gasteiger charge is -2.48. The average molecular weight is 434 g/mol. The van der Waals surface area contributed by atoms with Gasteiger partial charge in [-0.2, -0.15) is 5.10 Å². The van der Waals surface area contributed by atoms with E-state index >= 15 is 0 Å². The van der Waals surface area contributed by atoms with Gasteiger partial charge in [0.25, 0.3) is 0 Å². The quantitative estimate of drug-likeness (QED) is 0.657. The zero-order valence-corrected chi connectivity index (χ0v) is 18.8. The number of piperidine rings is 1. The Hall–Kier alpha value is -1.51. The SMILES string of the molecule is CC(C(=O)NCC1(N2CCCCC2)CCCCC1)n1c(-c2cccs2)n[nH]c1=S. The maximum atomic E-state index is 13.1. The van der Waals surface area contributed by atoms with E-state index in [2.05, 4.69) is 20.4 Å². The molecule has 1 saturated carbocycles. The summed E-state index contributed by atoms with van der Waals surface area (Å²) < 4.78 is 2.32. The molecule has 2 aromatic heterocycles. The molecule has 0 radical (unpaired) electrons. The van der Waals surface area contributed by atoms with Crippen LogP contribution in [0.15, 0.2) is 17.5 Å². The predicted octanol–water partition coefficient (Wildman–Crippen LogP) is 4.54. The largest absolute Gasteiger partial charge is 0.352 e. The number of thiophene rings is 1. The van der Waals surface area contributed by atoms with E-state index in [0.29, 0.717) is 4.77 Å². The summed E-state index contributed by atoms with van der Waals surface area (Å²) in [7, 11) is 0. The van der Waals surface area contributed by atoms with Crippen LogP contribution in [0.25, 0.3) is 10.7 Å². The van der Waals surface area contributed by atoms with Gasteiger partial charge in [0.2, 0.25) is 5.91 Å². The van der Waals surface area contributed by atoms with E-state index in [1.54, 1.807) is 11.3 Å². The minimum absolute atomic E-state index is 0.0160. The van der Waals surface area contributed by atoms with Crippen molar-refractivity contribution in [1.29, 1.82) is 0 Å². The fourth-order valence-corrected chi connectivity index (χ4v) is 5.94. The number of carbonyl (C=O) groups excluding carboxylic acids is 1. The maximum Gasteiger partial charge on any atom is 0.243 e. The minimum Gasteiger partial charge on any atom is -0.352 e. The van der Waals surface area contributed by atoms with Gasteiger partial charge in [0.05, 0.1) is 4.88 Å². The predicted molar refractivity (Wildman–Crippen MR) is 120 cm³/mol. The van der Waals surface area contributed by atoms with Gasteiger partial charge in [-0.3, -0.25) is 19.4 Å². The lowest BCUT2D eigenvalue weighted by Crippen LogP contribution is -2.58. The fourth-order valence-electron chi connectivity index (χ4n) is 4.94. The average Bonchev–Trinajstić information content (AvgIpc) is 3.42. The standard InChI is InChI=1S/C21H31N5OS2/c1-16(26-18(23-24-20(26)28)17-9-8-14-29-17)19(27)22-15-21(10-4-2-5-11-21)25-12-6-3-7-13-25/h8-9,14,16H,2-7,10-13,15H2,1H3,(H,22,27)(H,24,28). The van der Waals surface area contributed by atoms with Crippen LogP contribution in [0.1, 0.15) is 64.3 Å². The van der Waals surface area contributed by atoms with Gasteiger partial charge in [-0.1, -0.05) is 31.7 Å². The summed E-state index contributed by atoms with van der Waals surface area (Å²) in [6, 6.07) is 3.59. The fraction of sp³-hybridized carbons (Fsp3) is 0.667. The van der Waals surface area contributed by atoms with Crippen LogP contribution in [-0.4, -0.2) is 50.7 Å². The van der Waals surface area contributed by atoms with Crippen LogP contribution < -0.4 is 5.32 Å². The molecule has 0 aromatic carbocycles. The Morgan fingerprint density at radius 2 is 2.00 bits per heavy atom. The highest BCUT2D eigenvalue weighted by molar-refractivity contribution is 7.71. The number of aromatic nitrogens is 3. The third kappa shape index (κ3) is 4.34. The third-order valence-corrected chi connectivity index (χ3v) is 7.77. The molecule has 0 bridgehead atoms. The Morgan fingerprint density at radius 1 is 1.28 bits per heavy atom. The smallest absolute Gasteiger partial charge is 0.243 e. The van der Waals surface area contributed by atoms with Crippen LogP contribution in [0.5, 0.6) is 0 Å². The zero-order valence-electron chi connectivity index (χ0n) is 17.2. The first kappa shape index (κ1) is 20.8. The maximum absolute atomic E-state index is 13.1. The molecule has 8 heteroatoms. The first-order chi connectivity index (χ1) is 14.1. The van der Waals surface area contributed by atoms with Crippen LogP contribution in [0.4, 0.5) is 0 Å². The minimum atomic E-state index is -0.402. The van der Waals surface area contributed by atoms with Gasteiger partial charge in [-0.25, -0.2) is 0 Å². The van der Waals surface area contributed by atoms with Crippen LogP contribution in [0.3, 0.4) is 0 Å². The van der Waals surface area contributed by atoms with Crippen molar-refractivity contribution in [1.82, 2.24) is 25.0 Å². The molecule has 2 aromatic rings. The molecule has 4 rings (SSSR count). The summed E-state index contributed by atoms with van der Waals surface area (Å²) >= 11 is 7.04. The number of carbonyl (C=O) groups is 1. The molecular weight excluding hydrogens is 402 g/mol. The molecule has 1 aliphatic heterocycles. The number of aromatic amines is 1. The molecule has 6 nitrogen and oxygen atoms in total. The third-order valence-electron chi connectivity index (χ3n) is 6.62. The van der Waals surface area contributed by atoms with Crippen molar-refractivity contribution in [2.24, 2.45) is 0 Å². The molecule has 1 amide bonds. The van der Waals surface area contributed by atoms with Crippen LogP contribution in [0.2, 0.25) is 0 Å². The van der Waals surface area contributed by atoms with Crippen LogP contribution in [0, 0.1) is 4.77 Å². The van der Waals surface area contributed by atoms with E-state index < -0.39 is 6.04 Å². The zero-order chi connectivity index (χ0) is 20.3. The van der Waals surface area contributed by atoms with Crippen molar-refractivity contribution in [2.75, 3.05) is 19.6 Å². The molecule has 2 fully saturated rings. The molecule has 2 aliphatic rings. The molecule has 1 unspecified atom stereocenters. The van der Waals surface area contributed by atoms with Crippen molar-refractivity contribution in [3.05, 3.63) is 22.3 Å². The molecule has 3 heterocycles. The lowest BCUT2D eigenvalue weighted by atomic mass is 9.79. The van der Waals surface area contributed by atoms with E-state index in [0.717, 1.165) is 17.2 Å². The second kappa shape index (κ2) is 9.10. The van der Waals surface area contributed by atoms with E-state index in [-0.39, 0.29) is 11.4 Å². The molecule has 158 valence electrons. The van der Waals surface area contributed by atoms with Crippen molar-refractivity contribution in [2.45, 2.75) is 69.9 Å². The summed E-state index contributed by atoms with van der Waals surface area (Å²) in [5.41, 5.74) is 0.127. The highest BCUT2D eigenvalue weighted by Gasteiger charge is 2.39. The molecule has 29 heavy (non-hydrogen) atoms. The highest BCUT2D eigenvalue weighted by Crippen LogP contribution is 2.35. The van der Waals surface area contributed by atoms with Gasteiger partial charge < -0.3 is 5.32 Å². The number of nitrogens with one attached hydrogen (secondary N) is 2. The Morgan fingerprint density at radius 3 is 2.69 bits per heavy atom. The number of likely N-dealkylation sites (tertiary alicyclic amines) is 1. The van der Waals surface area contributed by atoms with Gasteiger partial charge in [0.15, 0.2) is 10.6 Å². The van der Waals surface area contributed by atoms with E-state index in [1.807, 2.05) is 29.0 Å². The summed E-state index contributed by atoms with van der Waals surface area (Å²) in [5, 5.41) is 12.5. The van der Waals surface area contributed by atoms with E-state index in [4.69, 9.17) is 12.2 Å². The van der Waals surface area contributed by atoms with Crippen LogP contribution in [-0.2, 0) is 4.79 Å². The summed E-state index contributed by atoms with van der Waals surface area (Å²) in [4.78, 5) is 16.8. The van der Waals surface area contributed by atoms with E-state index in [1.165, 1.54) is 64.5 Å². The topological polar surface area (TPSA) is 66.0 Å². The second-order valence-electron chi connectivity index (χ2n) is 8.43. The lowest BCUT2D eigenvalue weighted by molar-refractivity contribution is -0.124. The number of hydrogen-bond acceptors (Lipinski definition) is 5. The molecule has 2 N–H and O–H groups in total. The number of H-pyrrole nitrogens is 1. The normalized spacial score (nSPS) is 21.0. The van der Waals surface area contributed by atoms with Gasteiger partial charge in [-0.05, 0) is 69.4 Å². The van der Waals surface area contributed by atoms with Crippen molar-refractivity contribution < 1.29 is 4.79 Å². The molecule has 1 atom stereocenters. The highest BCUT2D eigenvalue weighted by atomic mass is 32.1. The Labute approximate surface area is 181 Å². The van der Waals surface area contributed by atoms with Crippen molar-refractivity contribution >= 4 is 29.5 Å². The Balaban J connectivity index is 1.49. The first-order valence-electron chi connectivity index (χ1n) is 10.8. The van der Waals surface area contributed by atoms with Gasteiger partial charge in [-0.15, -0.1) is 11.3 Å². The number of rotatable bonds is 6. The molecular formula is C21H31N5OS2. The first-order valence-corrected chi connectivity index (χ1v) is 12.1. The van der Waals surface area contributed by atoms with Crippen molar-refractivity contribution in [3.63, 3.8) is 0 Å². The molecule has 0 spiro atoms. The second-order valence-corrected chi connectivity index (χ2v) is 9.76. The summed E-state index contributed by atoms with van der Waals surface area (Å²) in [6.45, 7) is 4.98. The Kier molecular flexibility index (Phi) is 6.51. The van der Waals surface area contributed by atoms with Crippen LogP contribution >= 0.6 is 23.6 Å². The summed E-state index contributed by atoms with van der Waals surface area (Å²) in [6.07, 6.45) is 10.1.